The zero-order valence-corrected chi connectivity index (χ0v) is 14.2. The van der Waals surface area contributed by atoms with E-state index >= 15 is 0 Å². The molecule has 4 N–H and O–H groups in total. The van der Waals surface area contributed by atoms with E-state index < -0.39 is 16.1 Å². The molecular formula is C12H19BrN2O5S. The molecule has 1 aromatic carbocycles. The summed E-state index contributed by atoms with van der Waals surface area (Å²) in [6, 6.07) is 2.81. The van der Waals surface area contributed by atoms with Crippen LogP contribution in [0.2, 0.25) is 0 Å². The van der Waals surface area contributed by atoms with Gasteiger partial charge in [0.1, 0.15) is 10.6 Å². The summed E-state index contributed by atoms with van der Waals surface area (Å²) >= 11 is 3.21. The fourth-order valence-electron chi connectivity index (χ4n) is 1.63. The van der Waals surface area contributed by atoms with Gasteiger partial charge in [0.25, 0.3) is 0 Å². The van der Waals surface area contributed by atoms with E-state index in [1.54, 1.807) is 0 Å². The number of aliphatic hydroxyl groups is 1. The van der Waals surface area contributed by atoms with E-state index in [0.717, 1.165) is 0 Å². The van der Waals surface area contributed by atoms with Gasteiger partial charge in [0.2, 0.25) is 10.0 Å². The summed E-state index contributed by atoms with van der Waals surface area (Å²) in [4.78, 5) is -0.0491. The molecule has 0 saturated heterocycles. The summed E-state index contributed by atoms with van der Waals surface area (Å²) in [7, 11) is -0.945. The van der Waals surface area contributed by atoms with Gasteiger partial charge in [0.15, 0.2) is 0 Å². The molecule has 9 heteroatoms. The van der Waals surface area contributed by atoms with Crippen LogP contribution in [0.1, 0.15) is 6.42 Å². The zero-order valence-electron chi connectivity index (χ0n) is 11.8. The summed E-state index contributed by atoms with van der Waals surface area (Å²) < 4.78 is 37.2. The standard InChI is InChI=1S/C12H19BrN2O5S/c1-19-7-8(16)3-4-15-21(17,18)12-6-10(14)9(13)5-11(12)20-2/h5-6,8,15-16H,3-4,7,14H2,1-2H3. The molecule has 1 atom stereocenters. The third kappa shape index (κ3) is 5.11. The molecule has 0 fully saturated rings. The fourth-order valence-corrected chi connectivity index (χ4v) is 3.19. The van der Waals surface area contributed by atoms with Gasteiger partial charge in [-0.1, -0.05) is 0 Å². The molecule has 1 unspecified atom stereocenters. The summed E-state index contributed by atoms with van der Waals surface area (Å²) in [5.41, 5.74) is 5.99. The minimum absolute atomic E-state index is 0.0491. The van der Waals surface area contributed by atoms with Gasteiger partial charge in [0, 0.05) is 23.8 Å². The number of nitrogen functional groups attached to an aromatic ring is 1. The van der Waals surface area contributed by atoms with Crippen LogP contribution in [-0.4, -0.2) is 47.0 Å². The molecule has 0 radical (unpaired) electrons. The molecule has 0 spiro atoms. The zero-order chi connectivity index (χ0) is 16.0. The predicted octanol–water partition coefficient (Wildman–Crippen LogP) is 0.716. The Morgan fingerprint density at radius 3 is 2.67 bits per heavy atom. The van der Waals surface area contributed by atoms with Crippen molar-refractivity contribution in [2.45, 2.75) is 17.4 Å². The van der Waals surface area contributed by atoms with Crippen LogP contribution in [0.5, 0.6) is 5.75 Å². The van der Waals surface area contributed by atoms with E-state index in [1.165, 1.54) is 26.4 Å². The van der Waals surface area contributed by atoms with Crippen LogP contribution in [0.15, 0.2) is 21.5 Å². The van der Waals surface area contributed by atoms with E-state index in [4.69, 9.17) is 15.2 Å². The van der Waals surface area contributed by atoms with E-state index in [-0.39, 0.29) is 35.9 Å². The Morgan fingerprint density at radius 1 is 1.43 bits per heavy atom. The Labute approximate surface area is 132 Å². The van der Waals surface area contributed by atoms with Crippen molar-refractivity contribution in [3.8, 4) is 5.75 Å². The highest BCUT2D eigenvalue weighted by Crippen LogP contribution is 2.32. The summed E-state index contributed by atoms with van der Waals surface area (Å²) in [6.45, 7) is 0.224. The number of hydrogen-bond acceptors (Lipinski definition) is 6. The normalized spacial score (nSPS) is 13.1. The molecule has 7 nitrogen and oxygen atoms in total. The third-order valence-electron chi connectivity index (χ3n) is 2.70. The first-order valence-electron chi connectivity index (χ1n) is 6.11. The number of benzene rings is 1. The second-order valence-corrected chi connectivity index (χ2v) is 6.91. The van der Waals surface area contributed by atoms with Crippen molar-refractivity contribution in [2.75, 3.05) is 33.1 Å². The van der Waals surface area contributed by atoms with Crippen molar-refractivity contribution in [1.82, 2.24) is 4.72 Å². The molecule has 120 valence electrons. The smallest absolute Gasteiger partial charge is 0.244 e. The molecule has 1 rings (SSSR count). The largest absolute Gasteiger partial charge is 0.495 e. The summed E-state index contributed by atoms with van der Waals surface area (Å²) in [5, 5.41) is 9.49. The van der Waals surface area contributed by atoms with E-state index in [0.29, 0.717) is 4.47 Å². The van der Waals surface area contributed by atoms with Crippen molar-refractivity contribution >= 4 is 31.6 Å². The molecule has 0 heterocycles. The monoisotopic (exact) mass is 382 g/mol. The minimum atomic E-state index is -3.78. The first kappa shape index (κ1) is 18.2. The number of aliphatic hydroxyl groups excluding tert-OH is 1. The molecule has 0 aromatic heterocycles. The lowest BCUT2D eigenvalue weighted by Crippen LogP contribution is -2.29. The van der Waals surface area contributed by atoms with Gasteiger partial charge in [-0.15, -0.1) is 0 Å². The number of hydrogen-bond donors (Lipinski definition) is 3. The van der Waals surface area contributed by atoms with Crippen molar-refractivity contribution in [2.24, 2.45) is 0 Å². The Kier molecular flexibility index (Phi) is 6.88. The molecule has 1 aromatic rings. The third-order valence-corrected chi connectivity index (χ3v) is 4.87. The molecule has 21 heavy (non-hydrogen) atoms. The maximum Gasteiger partial charge on any atom is 0.244 e. The topological polar surface area (TPSA) is 111 Å². The molecule has 0 aliphatic rings. The Morgan fingerprint density at radius 2 is 2.10 bits per heavy atom. The highest BCUT2D eigenvalue weighted by molar-refractivity contribution is 9.10. The van der Waals surface area contributed by atoms with Crippen LogP contribution in [0.25, 0.3) is 0 Å². The van der Waals surface area contributed by atoms with Crippen LogP contribution < -0.4 is 15.2 Å². The van der Waals surface area contributed by atoms with Crippen molar-refractivity contribution < 1.29 is 23.0 Å². The molecule has 0 aliphatic heterocycles. The van der Waals surface area contributed by atoms with E-state index in [1.807, 2.05) is 0 Å². The number of nitrogens with two attached hydrogens (primary N) is 1. The molecule has 0 saturated carbocycles. The molecular weight excluding hydrogens is 364 g/mol. The van der Waals surface area contributed by atoms with Crippen molar-refractivity contribution in [3.05, 3.63) is 16.6 Å². The SMILES string of the molecule is COCC(O)CCNS(=O)(=O)c1cc(N)c(Br)cc1OC. The van der Waals surface area contributed by atoms with Crippen molar-refractivity contribution in [1.29, 1.82) is 0 Å². The average molecular weight is 383 g/mol. The number of sulfonamides is 1. The second-order valence-electron chi connectivity index (χ2n) is 4.32. The Bertz CT molecular complexity index is 579. The first-order chi connectivity index (χ1) is 9.81. The van der Waals surface area contributed by atoms with Crippen LogP contribution in [0.3, 0.4) is 0 Å². The fraction of sp³-hybridized carbons (Fsp3) is 0.500. The number of methoxy groups -OCH3 is 2. The van der Waals surface area contributed by atoms with Crippen LogP contribution >= 0.6 is 15.9 Å². The Hall–Kier alpha value is -0.870. The number of rotatable bonds is 8. The highest BCUT2D eigenvalue weighted by Gasteiger charge is 2.21. The first-order valence-corrected chi connectivity index (χ1v) is 8.39. The maximum absolute atomic E-state index is 12.2. The quantitative estimate of drug-likeness (QED) is 0.571. The van der Waals surface area contributed by atoms with E-state index in [2.05, 4.69) is 20.7 Å². The Balaban J connectivity index is 2.85. The highest BCUT2D eigenvalue weighted by atomic mass is 79.9. The maximum atomic E-state index is 12.2. The molecule has 0 amide bonds. The van der Waals surface area contributed by atoms with Gasteiger partial charge in [-0.25, -0.2) is 13.1 Å². The van der Waals surface area contributed by atoms with Crippen molar-refractivity contribution in [3.63, 3.8) is 0 Å². The minimum Gasteiger partial charge on any atom is -0.495 e. The lowest BCUT2D eigenvalue weighted by molar-refractivity contribution is 0.0603. The molecule has 0 bridgehead atoms. The lowest BCUT2D eigenvalue weighted by atomic mass is 10.3. The van der Waals surface area contributed by atoms with Gasteiger partial charge >= 0.3 is 0 Å². The van der Waals surface area contributed by atoms with Gasteiger partial charge in [-0.2, -0.15) is 0 Å². The number of anilines is 1. The van der Waals surface area contributed by atoms with Crippen LogP contribution in [0.4, 0.5) is 5.69 Å². The molecule has 0 aliphatic carbocycles. The van der Waals surface area contributed by atoms with Gasteiger partial charge in [0.05, 0.1) is 19.8 Å². The van der Waals surface area contributed by atoms with E-state index in [9.17, 15) is 13.5 Å². The van der Waals surface area contributed by atoms with Crippen LogP contribution in [-0.2, 0) is 14.8 Å². The lowest BCUT2D eigenvalue weighted by Gasteiger charge is -2.13. The second kappa shape index (κ2) is 7.95. The summed E-state index contributed by atoms with van der Waals surface area (Å²) in [5.74, 6) is 0.181. The number of nitrogens with one attached hydrogen (secondary N) is 1. The summed E-state index contributed by atoms with van der Waals surface area (Å²) in [6.07, 6.45) is -0.490. The van der Waals surface area contributed by atoms with Gasteiger partial charge in [-0.05, 0) is 34.5 Å². The number of ether oxygens (including phenoxy) is 2. The average Bonchev–Trinajstić information content (AvgIpc) is 2.41. The predicted molar refractivity (Wildman–Crippen MR) is 82.8 cm³/mol. The van der Waals surface area contributed by atoms with Gasteiger partial charge in [-0.3, -0.25) is 0 Å². The number of halogens is 1. The van der Waals surface area contributed by atoms with Gasteiger partial charge < -0.3 is 20.3 Å². The van der Waals surface area contributed by atoms with Crippen LogP contribution in [0, 0.1) is 0 Å².